The molecule has 0 spiro atoms. The average Bonchev–Trinajstić information content (AvgIpc) is 1.20. The van der Waals surface area contributed by atoms with Gasteiger partial charge < -0.3 is 23.5 Å². The van der Waals surface area contributed by atoms with Crippen LogP contribution in [0.3, 0.4) is 0 Å². The van der Waals surface area contributed by atoms with E-state index in [0.29, 0.717) is 0 Å². The van der Waals surface area contributed by atoms with Gasteiger partial charge in [-0.3, -0.25) is 0 Å². The maximum Gasteiger partial charge on any atom is 0.264 e. The fourth-order valence-electron chi connectivity index (χ4n) is 15.6. The third-order valence-corrected chi connectivity index (χ3v) is 26.2. The number of fused-ring (bicyclic) bond motifs is 12. The second kappa shape index (κ2) is 22.0. The van der Waals surface area contributed by atoms with Crippen LogP contribution in [0.25, 0.3) is 65.1 Å². The molecule has 0 aliphatic carbocycles. The molecule has 0 N–H and O–H groups in total. The van der Waals surface area contributed by atoms with Gasteiger partial charge in [-0.05, 0) is 165 Å². The average molecular weight is 1280 g/mol. The fraction of sp³-hybridized carbons (Fsp3) is 0.159. The molecule has 470 valence electrons. The second-order valence-corrected chi connectivity index (χ2v) is 34.3. The molecule has 0 bridgehead atoms. The van der Waals surface area contributed by atoms with Gasteiger partial charge in [0.1, 0.15) is 11.2 Å². The standard InChI is InChI=1S/C88H76BN3O2S2/c1-55-35-45-62(46-36-55)96(88(9,10)11,63-47-37-56(2)38-48-63)64-53-76-81-77(54-64)92(74-32-22-29-69-67-27-17-20-34-79(67)94-84(69)74)82-70-51-59(87(6,7)8)41-50-80(70)95-85(82)89(81)71-49-44-61(52-75(71)91(76)73-31-21-28-68-66-26-16-19-33-78(66)93-83(68)73)90(60-42-39-58(40-43-60)86(3,4)5)72-30-18-15-25-65(72)57-23-13-12-14-24-57/h12-54H,1-11H3. The van der Waals surface area contributed by atoms with Gasteiger partial charge in [0.15, 0.2) is 11.2 Å². The van der Waals surface area contributed by atoms with E-state index in [2.05, 4.69) is 352 Å². The Hall–Kier alpha value is -9.99. The zero-order valence-corrected chi connectivity index (χ0v) is 58.0. The first-order chi connectivity index (χ1) is 46.3. The highest BCUT2D eigenvalue weighted by atomic mass is 32.3. The number of benzene rings is 12. The summed E-state index contributed by atoms with van der Waals surface area (Å²) in [4.78, 5) is 11.6. The Morgan fingerprint density at radius 3 is 1.52 bits per heavy atom. The first kappa shape index (κ1) is 59.7. The SMILES string of the molecule is Cc1ccc(S(c2ccc(C)cc2)(c2cc3c4c(c2)N(c2cccc5c2oc2ccccc25)c2c(sc5ccc(C(C)(C)C)cc25)B4c2ccc(N(c4ccc(C(C)(C)C)cc4)c4ccccc4-c4ccccc4)cc2N3c2cccc3c2oc2ccccc23)C(C)(C)C)cc1. The molecule has 17 rings (SSSR count). The predicted molar refractivity (Wildman–Crippen MR) is 412 cm³/mol. The quantitative estimate of drug-likeness (QED) is 0.135. The van der Waals surface area contributed by atoms with Crippen LogP contribution >= 0.6 is 21.4 Å². The number of rotatable bonds is 9. The molecule has 0 radical (unpaired) electrons. The second-order valence-electron chi connectivity index (χ2n) is 29.4. The Morgan fingerprint density at radius 1 is 0.406 bits per heavy atom. The maximum atomic E-state index is 7.33. The highest BCUT2D eigenvalue weighted by Gasteiger charge is 2.50. The van der Waals surface area contributed by atoms with Crippen molar-refractivity contribution < 1.29 is 8.83 Å². The van der Waals surface area contributed by atoms with Gasteiger partial charge in [-0.15, -0.1) is 11.3 Å². The van der Waals surface area contributed by atoms with E-state index in [0.717, 1.165) is 101 Å². The number of furan rings is 2. The summed E-state index contributed by atoms with van der Waals surface area (Å²) in [5.41, 5.74) is 22.7. The minimum Gasteiger partial charge on any atom is -0.454 e. The van der Waals surface area contributed by atoms with E-state index in [1.807, 2.05) is 11.3 Å². The van der Waals surface area contributed by atoms with Crippen LogP contribution in [-0.4, -0.2) is 11.5 Å². The first-order valence-electron chi connectivity index (χ1n) is 33.6. The Bertz CT molecular complexity index is 5540. The maximum absolute atomic E-state index is 7.33. The van der Waals surface area contributed by atoms with E-state index in [1.165, 1.54) is 68.4 Å². The van der Waals surface area contributed by atoms with Gasteiger partial charge >= 0.3 is 0 Å². The molecule has 0 saturated carbocycles. The summed E-state index contributed by atoms with van der Waals surface area (Å²) in [5, 5.41) is 5.57. The van der Waals surface area contributed by atoms with Crippen LogP contribution in [0.4, 0.5) is 51.2 Å². The molecule has 0 atom stereocenters. The molecular weight excluding hydrogens is 1210 g/mol. The van der Waals surface area contributed by atoms with Crippen molar-refractivity contribution in [3.8, 4) is 11.1 Å². The summed E-state index contributed by atoms with van der Waals surface area (Å²) >= 11 is 1.94. The molecule has 2 aliphatic rings. The number of para-hydroxylation sites is 5. The number of hydrogen-bond acceptors (Lipinski definition) is 6. The molecule has 8 heteroatoms. The lowest BCUT2D eigenvalue weighted by atomic mass is 9.36. The normalized spacial score (nSPS) is 13.5. The smallest absolute Gasteiger partial charge is 0.264 e. The van der Waals surface area contributed by atoms with Crippen molar-refractivity contribution in [1.82, 2.24) is 0 Å². The summed E-state index contributed by atoms with van der Waals surface area (Å²) in [5.74, 6) is 0. The van der Waals surface area contributed by atoms with Crippen LogP contribution < -0.4 is 30.4 Å². The van der Waals surface area contributed by atoms with Gasteiger partial charge in [0.05, 0.1) is 22.7 Å². The number of nitrogens with zero attached hydrogens (tertiary/aromatic N) is 3. The molecule has 2 aliphatic heterocycles. The van der Waals surface area contributed by atoms with Gasteiger partial charge in [0, 0.05) is 80.1 Å². The highest BCUT2D eigenvalue weighted by molar-refractivity contribution is 8.34. The van der Waals surface area contributed by atoms with Crippen LogP contribution in [0.15, 0.2) is 284 Å². The molecule has 3 aromatic heterocycles. The molecule has 5 heterocycles. The molecule has 0 fully saturated rings. The fourth-order valence-corrected chi connectivity index (χ4v) is 21.5. The van der Waals surface area contributed by atoms with Gasteiger partial charge in [-0.2, -0.15) is 10.0 Å². The lowest BCUT2D eigenvalue weighted by Gasteiger charge is -2.53. The highest BCUT2D eigenvalue weighted by Crippen LogP contribution is 2.76. The number of aryl methyl sites for hydroxylation is 2. The number of anilines is 9. The van der Waals surface area contributed by atoms with Crippen molar-refractivity contribution in [2.24, 2.45) is 0 Å². The van der Waals surface area contributed by atoms with E-state index >= 15 is 0 Å². The van der Waals surface area contributed by atoms with Crippen LogP contribution in [-0.2, 0) is 10.8 Å². The van der Waals surface area contributed by atoms with Gasteiger partial charge in [-0.25, -0.2) is 0 Å². The van der Waals surface area contributed by atoms with Crippen molar-refractivity contribution in [3.63, 3.8) is 0 Å². The van der Waals surface area contributed by atoms with E-state index < -0.39 is 10.0 Å². The van der Waals surface area contributed by atoms with Crippen molar-refractivity contribution in [2.45, 2.75) is 106 Å². The molecule has 15 aromatic rings. The summed E-state index contributed by atoms with van der Waals surface area (Å²) in [6.07, 6.45) is 0. The Morgan fingerprint density at radius 2 is 0.927 bits per heavy atom. The van der Waals surface area contributed by atoms with E-state index in [1.54, 1.807) is 0 Å². The Kier molecular flexibility index (Phi) is 13.7. The van der Waals surface area contributed by atoms with E-state index in [9.17, 15) is 0 Å². The van der Waals surface area contributed by atoms with Gasteiger partial charge in [0.25, 0.3) is 6.71 Å². The first-order valence-corrected chi connectivity index (χ1v) is 36.1. The molecule has 5 nitrogen and oxygen atoms in total. The predicted octanol–water partition coefficient (Wildman–Crippen LogP) is 24.2. The van der Waals surface area contributed by atoms with Crippen molar-refractivity contribution in [1.29, 1.82) is 0 Å². The minimum absolute atomic E-state index is 0.0422. The van der Waals surface area contributed by atoms with Gasteiger partial charge in [-0.1, -0.05) is 231 Å². The minimum atomic E-state index is -2.23. The molecular formula is C88H76BN3O2S2. The molecule has 12 aromatic carbocycles. The summed E-state index contributed by atoms with van der Waals surface area (Å²) in [6.45, 7) is 25.5. The largest absolute Gasteiger partial charge is 0.454 e. The monoisotopic (exact) mass is 1280 g/mol. The van der Waals surface area contributed by atoms with Crippen LogP contribution in [0.5, 0.6) is 0 Å². The van der Waals surface area contributed by atoms with Crippen molar-refractivity contribution >= 4 is 149 Å². The van der Waals surface area contributed by atoms with Crippen molar-refractivity contribution in [3.05, 3.63) is 283 Å². The van der Waals surface area contributed by atoms with Gasteiger partial charge in [0.2, 0.25) is 0 Å². The topological polar surface area (TPSA) is 36.0 Å². The zero-order chi connectivity index (χ0) is 65.7. The molecule has 0 saturated heterocycles. The molecule has 96 heavy (non-hydrogen) atoms. The summed E-state index contributed by atoms with van der Waals surface area (Å²) < 4.78 is 16.8. The number of thiophene rings is 1. The lowest BCUT2D eigenvalue weighted by molar-refractivity contribution is 0.590. The summed E-state index contributed by atoms with van der Waals surface area (Å²) in [6, 6.07) is 98.6. The lowest BCUT2D eigenvalue weighted by Crippen LogP contribution is -2.60. The Balaban J connectivity index is 1.06. The van der Waals surface area contributed by atoms with E-state index in [4.69, 9.17) is 8.83 Å². The molecule has 0 unspecified atom stereocenters. The third-order valence-electron chi connectivity index (χ3n) is 20.2. The van der Waals surface area contributed by atoms with Crippen molar-refractivity contribution in [2.75, 3.05) is 14.7 Å². The zero-order valence-electron chi connectivity index (χ0n) is 56.4. The molecule has 0 amide bonds. The van der Waals surface area contributed by atoms with Crippen LogP contribution in [0, 0.1) is 13.8 Å². The van der Waals surface area contributed by atoms with Crippen LogP contribution in [0.1, 0.15) is 84.6 Å². The Labute approximate surface area is 569 Å². The van der Waals surface area contributed by atoms with Crippen LogP contribution in [0.2, 0.25) is 0 Å². The number of hydrogen-bond donors (Lipinski definition) is 0. The third kappa shape index (κ3) is 9.26. The van der Waals surface area contributed by atoms with E-state index in [-0.39, 0.29) is 22.3 Å². The summed E-state index contributed by atoms with van der Waals surface area (Å²) in [7, 11) is -2.23.